The average Bonchev–Trinajstić information content (AvgIpc) is 2.91. The van der Waals surface area contributed by atoms with Gasteiger partial charge in [0, 0.05) is 36.3 Å². The molecule has 5 rings (SSSR count). The summed E-state index contributed by atoms with van der Waals surface area (Å²) in [6.07, 6.45) is 0.979. The van der Waals surface area contributed by atoms with Crippen LogP contribution in [0.5, 0.6) is 5.75 Å². The molecule has 0 saturated heterocycles. The number of nitrogens with one attached hydrogen (secondary N) is 1. The summed E-state index contributed by atoms with van der Waals surface area (Å²) in [5.41, 5.74) is 4.49. The Balaban J connectivity index is 0.000000493. The van der Waals surface area contributed by atoms with Crippen molar-refractivity contribution >= 4 is 51.8 Å². The third-order valence-corrected chi connectivity index (χ3v) is 7.78. The summed E-state index contributed by atoms with van der Waals surface area (Å²) >= 11 is 12.4. The van der Waals surface area contributed by atoms with E-state index in [1.165, 1.54) is 0 Å². The number of rotatable bonds is 4. The molecule has 1 saturated carbocycles. The van der Waals surface area contributed by atoms with E-state index in [1.54, 1.807) is 12.1 Å². The number of urea groups is 1. The van der Waals surface area contributed by atoms with Gasteiger partial charge in [-0.1, -0.05) is 29.3 Å². The second-order valence-corrected chi connectivity index (χ2v) is 11.2. The number of hydrogen-bond donors (Lipinski definition) is 3. The maximum absolute atomic E-state index is 13.2. The van der Waals surface area contributed by atoms with Gasteiger partial charge in [0.15, 0.2) is 5.75 Å². The summed E-state index contributed by atoms with van der Waals surface area (Å²) < 4.78 is 31.7. The number of benzene rings is 2. The number of carboxylic acid groups (broad SMARTS) is 1. The minimum Gasteiger partial charge on any atom is -0.505 e. The molecule has 1 fully saturated rings. The highest BCUT2D eigenvalue weighted by molar-refractivity contribution is 6.37. The number of phenols is 1. The number of amides is 2. The van der Waals surface area contributed by atoms with E-state index in [2.05, 4.69) is 29.3 Å². The molecule has 13 heteroatoms. The first kappa shape index (κ1) is 30.7. The van der Waals surface area contributed by atoms with Crippen LogP contribution >= 0.6 is 23.2 Å². The second kappa shape index (κ2) is 12.3. The number of carbonyl (C=O) groups is 2. The largest absolute Gasteiger partial charge is 0.505 e. The van der Waals surface area contributed by atoms with Crippen LogP contribution < -0.4 is 10.2 Å². The van der Waals surface area contributed by atoms with E-state index in [0.717, 1.165) is 65.5 Å². The van der Waals surface area contributed by atoms with Gasteiger partial charge in [0.25, 0.3) is 0 Å². The summed E-state index contributed by atoms with van der Waals surface area (Å²) in [5, 5.41) is 21.4. The highest BCUT2D eigenvalue weighted by Gasteiger charge is 2.38. The van der Waals surface area contributed by atoms with Crippen LogP contribution in [0.25, 0.3) is 22.0 Å². The molecule has 0 bridgehead atoms. The standard InChI is InChI=1S/C26H28Cl2N4O2.C2HF3O2/c1-31(2)14-15-3-6-19(7-4-15)32-24-18(13-30-26(32)34)12-29-23-8-5-16(9-20(23)24)17-10-21(27)25(33)22(28)11-17;3-2(4,5)1(6)7/h5,8-12,15,19,33H,3-4,6-7,13-14H2,1-2H3,(H,30,34);(H,6,7). The molecular formula is C28H29Cl2F3N4O4. The SMILES string of the molecule is CN(C)CC1CCC(N2C(=O)NCc3cnc4ccc(-c5cc(Cl)c(O)c(Cl)c5)cc4c32)CC1.O=C(O)C(F)(F)F. The minimum atomic E-state index is -5.08. The van der Waals surface area contributed by atoms with Crippen LogP contribution in [0, 0.1) is 5.92 Å². The predicted octanol–water partition coefficient (Wildman–Crippen LogP) is 6.70. The number of nitrogens with zero attached hydrogens (tertiary/aromatic N) is 3. The van der Waals surface area contributed by atoms with Crippen LogP contribution in [0.3, 0.4) is 0 Å². The normalized spacial score (nSPS) is 18.9. The molecular weight excluding hydrogens is 584 g/mol. The number of hydrogen-bond acceptors (Lipinski definition) is 5. The van der Waals surface area contributed by atoms with Crippen LogP contribution in [0.4, 0.5) is 23.7 Å². The Labute approximate surface area is 244 Å². The monoisotopic (exact) mass is 612 g/mol. The maximum Gasteiger partial charge on any atom is 0.490 e. The highest BCUT2D eigenvalue weighted by atomic mass is 35.5. The van der Waals surface area contributed by atoms with Gasteiger partial charge < -0.3 is 20.4 Å². The molecule has 220 valence electrons. The number of halogens is 5. The van der Waals surface area contributed by atoms with Crippen molar-refractivity contribution in [1.82, 2.24) is 15.2 Å². The number of aliphatic carboxylic acids is 1. The molecule has 2 heterocycles. The first-order valence-corrected chi connectivity index (χ1v) is 13.6. The lowest BCUT2D eigenvalue weighted by atomic mass is 9.84. The number of aromatic nitrogens is 1. The Morgan fingerprint density at radius 1 is 1.10 bits per heavy atom. The second-order valence-electron chi connectivity index (χ2n) is 10.4. The Morgan fingerprint density at radius 2 is 1.71 bits per heavy atom. The van der Waals surface area contributed by atoms with E-state index in [-0.39, 0.29) is 27.9 Å². The number of pyridine rings is 1. The van der Waals surface area contributed by atoms with Crippen molar-refractivity contribution in [2.45, 2.75) is 44.4 Å². The van der Waals surface area contributed by atoms with E-state index in [9.17, 15) is 23.1 Å². The average molecular weight is 613 g/mol. The Bertz CT molecular complexity index is 1440. The van der Waals surface area contributed by atoms with Crippen LogP contribution in [0.15, 0.2) is 36.5 Å². The molecule has 8 nitrogen and oxygen atoms in total. The smallest absolute Gasteiger partial charge is 0.490 e. The highest BCUT2D eigenvalue weighted by Crippen LogP contribution is 2.41. The molecule has 2 aliphatic rings. The number of aromatic hydroxyl groups is 1. The van der Waals surface area contributed by atoms with Gasteiger partial charge in [0.2, 0.25) is 0 Å². The zero-order valence-corrected chi connectivity index (χ0v) is 23.8. The minimum absolute atomic E-state index is 0.0443. The van der Waals surface area contributed by atoms with Crippen molar-refractivity contribution in [3.8, 4) is 16.9 Å². The van der Waals surface area contributed by atoms with Gasteiger partial charge in [-0.15, -0.1) is 0 Å². The van der Waals surface area contributed by atoms with Crippen molar-refractivity contribution in [1.29, 1.82) is 0 Å². The molecule has 3 N–H and O–H groups in total. The van der Waals surface area contributed by atoms with E-state index in [0.29, 0.717) is 12.5 Å². The van der Waals surface area contributed by atoms with Crippen molar-refractivity contribution in [3.63, 3.8) is 0 Å². The predicted molar refractivity (Wildman–Crippen MR) is 152 cm³/mol. The molecule has 2 amide bonds. The molecule has 1 aliphatic heterocycles. The third kappa shape index (κ3) is 6.97. The van der Waals surface area contributed by atoms with Crippen molar-refractivity contribution in [2.75, 3.05) is 25.5 Å². The Kier molecular flexibility index (Phi) is 9.20. The first-order chi connectivity index (χ1) is 19.3. The third-order valence-electron chi connectivity index (χ3n) is 7.20. The number of carboxylic acids is 1. The Hall–Kier alpha value is -3.28. The van der Waals surface area contributed by atoms with E-state index in [4.69, 9.17) is 33.1 Å². The van der Waals surface area contributed by atoms with Gasteiger partial charge in [0.1, 0.15) is 0 Å². The molecule has 1 aromatic heterocycles. The van der Waals surface area contributed by atoms with E-state index >= 15 is 0 Å². The number of fused-ring (bicyclic) bond motifs is 3. The number of alkyl halides is 3. The van der Waals surface area contributed by atoms with Gasteiger partial charge >= 0.3 is 18.2 Å². The quantitative estimate of drug-likeness (QED) is 0.303. The van der Waals surface area contributed by atoms with E-state index < -0.39 is 12.1 Å². The topological polar surface area (TPSA) is 106 Å². The number of phenolic OH excluding ortho intramolecular Hbond substituents is 1. The van der Waals surface area contributed by atoms with Gasteiger partial charge in [-0.3, -0.25) is 9.88 Å². The number of anilines is 1. The van der Waals surface area contributed by atoms with Crippen molar-refractivity contribution in [2.24, 2.45) is 5.92 Å². The van der Waals surface area contributed by atoms with Crippen LogP contribution in [-0.4, -0.2) is 65.0 Å². The lowest BCUT2D eigenvalue weighted by Gasteiger charge is -2.40. The van der Waals surface area contributed by atoms with Crippen LogP contribution in [0.2, 0.25) is 10.0 Å². The molecule has 0 unspecified atom stereocenters. The fraction of sp³-hybridized carbons (Fsp3) is 0.393. The zero-order valence-electron chi connectivity index (χ0n) is 22.3. The first-order valence-electron chi connectivity index (χ1n) is 12.9. The molecule has 41 heavy (non-hydrogen) atoms. The van der Waals surface area contributed by atoms with Crippen molar-refractivity contribution in [3.05, 3.63) is 52.1 Å². The van der Waals surface area contributed by atoms with Gasteiger partial charge in [0.05, 0.1) is 21.2 Å². The van der Waals surface area contributed by atoms with Gasteiger partial charge in [-0.2, -0.15) is 13.2 Å². The number of carbonyl (C=O) groups excluding carboxylic acids is 1. The molecule has 3 aromatic rings. The Morgan fingerprint density at radius 3 is 2.27 bits per heavy atom. The summed E-state index contributed by atoms with van der Waals surface area (Å²) in [6.45, 7) is 1.55. The lowest BCUT2D eigenvalue weighted by Crippen LogP contribution is -2.51. The van der Waals surface area contributed by atoms with E-state index in [1.807, 2.05) is 29.3 Å². The summed E-state index contributed by atoms with van der Waals surface area (Å²) in [6, 6.07) is 9.47. The maximum atomic E-state index is 13.2. The summed E-state index contributed by atoms with van der Waals surface area (Å²) in [4.78, 5) is 30.9. The van der Waals surface area contributed by atoms with Gasteiger partial charge in [-0.05, 0) is 81.1 Å². The molecule has 1 aliphatic carbocycles. The lowest BCUT2D eigenvalue weighted by molar-refractivity contribution is -0.192. The fourth-order valence-corrected chi connectivity index (χ4v) is 5.84. The molecule has 0 radical (unpaired) electrons. The molecule has 0 spiro atoms. The summed E-state index contributed by atoms with van der Waals surface area (Å²) in [5.74, 6) is -2.21. The van der Waals surface area contributed by atoms with Crippen LogP contribution in [-0.2, 0) is 11.3 Å². The van der Waals surface area contributed by atoms with Crippen LogP contribution in [0.1, 0.15) is 31.2 Å². The van der Waals surface area contributed by atoms with Crippen molar-refractivity contribution < 1.29 is 33.0 Å². The zero-order chi connectivity index (χ0) is 30.1. The summed E-state index contributed by atoms with van der Waals surface area (Å²) in [7, 11) is 4.23. The molecule has 0 atom stereocenters. The van der Waals surface area contributed by atoms with Gasteiger partial charge in [-0.25, -0.2) is 9.59 Å². The fourth-order valence-electron chi connectivity index (χ4n) is 5.35. The molecule has 2 aromatic carbocycles.